The molecule has 0 bridgehead atoms. The van der Waals surface area contributed by atoms with Gasteiger partial charge in [-0.1, -0.05) is 26.7 Å². The molecule has 5 heteroatoms. The molecule has 5 nitrogen and oxygen atoms in total. The number of piperidine rings is 1. The summed E-state index contributed by atoms with van der Waals surface area (Å²) in [6.45, 7) is 4.42. The van der Waals surface area contributed by atoms with Crippen molar-refractivity contribution in [2.45, 2.75) is 58.8 Å². The van der Waals surface area contributed by atoms with Gasteiger partial charge in [0.2, 0.25) is 11.8 Å². The summed E-state index contributed by atoms with van der Waals surface area (Å²) < 4.78 is 0. The van der Waals surface area contributed by atoms with Crippen molar-refractivity contribution in [3.05, 3.63) is 0 Å². The Balaban J connectivity index is 2.47. The van der Waals surface area contributed by atoms with E-state index in [1.807, 2.05) is 6.92 Å². The highest BCUT2D eigenvalue weighted by atomic mass is 16.4. The van der Waals surface area contributed by atoms with Crippen LogP contribution in [-0.4, -0.2) is 34.3 Å². The smallest absolute Gasteiger partial charge is 0.303 e. The number of rotatable bonds is 8. The number of imide groups is 1. The van der Waals surface area contributed by atoms with Crippen LogP contribution in [0.4, 0.5) is 0 Å². The van der Waals surface area contributed by atoms with E-state index in [9.17, 15) is 14.4 Å². The third kappa shape index (κ3) is 5.31. The molecule has 0 aromatic carbocycles. The molecule has 1 unspecified atom stereocenters. The number of aliphatic carboxylic acids is 1. The summed E-state index contributed by atoms with van der Waals surface area (Å²) in [5.74, 6) is -0.532. The molecule has 1 heterocycles. The monoisotopic (exact) mass is 283 g/mol. The Hall–Kier alpha value is -1.39. The molecule has 1 rings (SSSR count). The van der Waals surface area contributed by atoms with E-state index in [0.29, 0.717) is 32.2 Å². The Morgan fingerprint density at radius 3 is 2.35 bits per heavy atom. The van der Waals surface area contributed by atoms with Crippen molar-refractivity contribution in [3.63, 3.8) is 0 Å². The number of carboxylic acids is 1. The molecule has 1 fully saturated rings. The zero-order valence-corrected chi connectivity index (χ0v) is 12.4. The topological polar surface area (TPSA) is 74.7 Å². The predicted molar refractivity (Wildman–Crippen MR) is 75.0 cm³/mol. The number of hydrogen-bond donors (Lipinski definition) is 1. The quantitative estimate of drug-likeness (QED) is 0.694. The van der Waals surface area contributed by atoms with Gasteiger partial charge in [0.15, 0.2) is 0 Å². The Bertz CT molecular complexity index is 349. The van der Waals surface area contributed by atoms with Crippen LogP contribution in [0.5, 0.6) is 0 Å². The first-order valence-electron chi connectivity index (χ1n) is 7.49. The second kappa shape index (κ2) is 8.02. The number of carbonyl (C=O) groups is 3. The van der Waals surface area contributed by atoms with Crippen molar-refractivity contribution in [2.24, 2.45) is 11.8 Å². The lowest BCUT2D eigenvalue weighted by Gasteiger charge is -2.29. The number of nitrogens with zero attached hydrogens (tertiary/aromatic N) is 1. The maximum absolute atomic E-state index is 11.9. The van der Waals surface area contributed by atoms with Crippen LogP contribution in [0.25, 0.3) is 0 Å². The molecule has 0 aromatic heterocycles. The molecule has 2 amide bonds. The van der Waals surface area contributed by atoms with Crippen LogP contribution in [0, 0.1) is 11.8 Å². The minimum atomic E-state index is -0.787. The minimum Gasteiger partial charge on any atom is -0.481 e. The van der Waals surface area contributed by atoms with Gasteiger partial charge in [0.25, 0.3) is 0 Å². The molecule has 114 valence electrons. The summed E-state index contributed by atoms with van der Waals surface area (Å²) in [7, 11) is 0. The van der Waals surface area contributed by atoms with Crippen molar-refractivity contribution in [3.8, 4) is 0 Å². The second-order valence-electron chi connectivity index (χ2n) is 5.83. The molecule has 0 spiro atoms. The van der Waals surface area contributed by atoms with Gasteiger partial charge in [-0.2, -0.15) is 0 Å². The largest absolute Gasteiger partial charge is 0.481 e. The number of likely N-dealkylation sites (tertiary alicyclic amines) is 1. The van der Waals surface area contributed by atoms with Gasteiger partial charge >= 0.3 is 5.97 Å². The van der Waals surface area contributed by atoms with Gasteiger partial charge in [0, 0.05) is 25.8 Å². The zero-order valence-electron chi connectivity index (χ0n) is 12.4. The standard InChI is InChI=1S/C15H25NO4/c1-3-4-12(5-6-15(19)20)7-8-16-13(17)9-11(2)10-14(16)18/h11-12H,3-10H2,1-2H3,(H,19,20). The van der Waals surface area contributed by atoms with Crippen LogP contribution in [-0.2, 0) is 14.4 Å². The van der Waals surface area contributed by atoms with E-state index in [4.69, 9.17) is 5.11 Å². The maximum atomic E-state index is 11.9. The molecule has 0 saturated carbocycles. The molecule has 1 aliphatic rings. The lowest BCUT2D eigenvalue weighted by Crippen LogP contribution is -2.43. The van der Waals surface area contributed by atoms with Gasteiger partial charge in [-0.25, -0.2) is 0 Å². The first kappa shape index (κ1) is 16.7. The van der Waals surface area contributed by atoms with E-state index in [-0.39, 0.29) is 30.1 Å². The summed E-state index contributed by atoms with van der Waals surface area (Å²) >= 11 is 0. The fourth-order valence-corrected chi connectivity index (χ4v) is 2.76. The van der Waals surface area contributed by atoms with E-state index in [1.165, 1.54) is 4.90 Å². The molecule has 1 saturated heterocycles. The van der Waals surface area contributed by atoms with Crippen molar-refractivity contribution in [1.29, 1.82) is 0 Å². The van der Waals surface area contributed by atoms with E-state index < -0.39 is 5.97 Å². The van der Waals surface area contributed by atoms with Crippen molar-refractivity contribution < 1.29 is 19.5 Å². The Kier molecular flexibility index (Phi) is 6.68. The molecular weight excluding hydrogens is 258 g/mol. The number of carbonyl (C=O) groups excluding carboxylic acids is 2. The summed E-state index contributed by atoms with van der Waals surface area (Å²) in [6.07, 6.45) is 4.31. The molecular formula is C15H25NO4. The zero-order chi connectivity index (χ0) is 15.1. The van der Waals surface area contributed by atoms with Gasteiger partial charge in [0.05, 0.1) is 0 Å². The second-order valence-corrected chi connectivity index (χ2v) is 5.83. The van der Waals surface area contributed by atoms with Crippen LogP contribution in [0.2, 0.25) is 0 Å². The van der Waals surface area contributed by atoms with Crippen molar-refractivity contribution >= 4 is 17.8 Å². The summed E-state index contributed by atoms with van der Waals surface area (Å²) in [5.41, 5.74) is 0. The number of hydrogen-bond acceptors (Lipinski definition) is 3. The molecule has 20 heavy (non-hydrogen) atoms. The fraction of sp³-hybridized carbons (Fsp3) is 0.800. The fourth-order valence-electron chi connectivity index (χ4n) is 2.76. The molecule has 1 N–H and O–H groups in total. The summed E-state index contributed by atoms with van der Waals surface area (Å²) in [6, 6.07) is 0. The minimum absolute atomic E-state index is 0.0813. The van der Waals surface area contributed by atoms with E-state index in [0.717, 1.165) is 12.8 Å². The first-order valence-corrected chi connectivity index (χ1v) is 7.49. The number of amides is 2. The van der Waals surface area contributed by atoms with Gasteiger partial charge in [-0.15, -0.1) is 0 Å². The molecule has 1 aliphatic heterocycles. The van der Waals surface area contributed by atoms with Gasteiger partial charge in [-0.3, -0.25) is 19.3 Å². The molecule has 0 aromatic rings. The highest BCUT2D eigenvalue weighted by Gasteiger charge is 2.30. The average Bonchev–Trinajstić information content (AvgIpc) is 2.34. The highest BCUT2D eigenvalue weighted by molar-refractivity contribution is 5.97. The van der Waals surface area contributed by atoms with Gasteiger partial charge in [-0.05, 0) is 24.7 Å². The Morgan fingerprint density at radius 1 is 1.25 bits per heavy atom. The third-order valence-corrected chi connectivity index (χ3v) is 3.87. The van der Waals surface area contributed by atoms with Crippen LogP contribution in [0.3, 0.4) is 0 Å². The predicted octanol–water partition coefficient (Wildman–Crippen LogP) is 2.44. The van der Waals surface area contributed by atoms with E-state index in [1.54, 1.807) is 0 Å². The average molecular weight is 283 g/mol. The molecule has 1 atom stereocenters. The summed E-state index contributed by atoms with van der Waals surface area (Å²) in [4.78, 5) is 35.7. The summed E-state index contributed by atoms with van der Waals surface area (Å²) in [5, 5.41) is 8.74. The molecule has 0 aliphatic carbocycles. The maximum Gasteiger partial charge on any atom is 0.303 e. The lowest BCUT2D eigenvalue weighted by molar-refractivity contribution is -0.150. The van der Waals surface area contributed by atoms with E-state index in [2.05, 4.69) is 6.92 Å². The Labute approximate surface area is 120 Å². The van der Waals surface area contributed by atoms with Crippen LogP contribution < -0.4 is 0 Å². The Morgan fingerprint density at radius 2 is 1.85 bits per heavy atom. The normalized spacial score (nSPS) is 18.4. The van der Waals surface area contributed by atoms with Crippen LogP contribution in [0.1, 0.15) is 58.8 Å². The van der Waals surface area contributed by atoms with Crippen molar-refractivity contribution in [2.75, 3.05) is 6.54 Å². The number of carboxylic acid groups (broad SMARTS) is 1. The first-order chi connectivity index (χ1) is 9.43. The van der Waals surface area contributed by atoms with Crippen LogP contribution >= 0.6 is 0 Å². The van der Waals surface area contributed by atoms with Crippen LogP contribution in [0.15, 0.2) is 0 Å². The van der Waals surface area contributed by atoms with E-state index >= 15 is 0 Å². The van der Waals surface area contributed by atoms with Gasteiger partial charge in [0.1, 0.15) is 0 Å². The third-order valence-electron chi connectivity index (χ3n) is 3.87. The highest BCUT2D eigenvalue weighted by Crippen LogP contribution is 2.22. The SMILES string of the molecule is CCCC(CCC(=O)O)CCN1C(=O)CC(C)CC1=O. The lowest BCUT2D eigenvalue weighted by atomic mass is 9.93. The van der Waals surface area contributed by atoms with Gasteiger partial charge < -0.3 is 5.11 Å². The van der Waals surface area contributed by atoms with Crippen molar-refractivity contribution in [1.82, 2.24) is 4.90 Å². The molecule has 0 radical (unpaired) electrons.